The minimum absolute atomic E-state index is 0.113. The molecule has 0 aromatic carbocycles. The average Bonchev–Trinajstić information content (AvgIpc) is 1.86. The number of thiocarbonyl (C=S) groups is 1. The van der Waals surface area contributed by atoms with Crippen molar-refractivity contribution in [2.45, 2.75) is 32.7 Å². The van der Waals surface area contributed by atoms with Gasteiger partial charge in [-0.15, -0.1) is 0 Å². The summed E-state index contributed by atoms with van der Waals surface area (Å²) in [4.78, 5) is 0. The fourth-order valence-corrected chi connectivity index (χ4v) is 0.997. The van der Waals surface area contributed by atoms with Gasteiger partial charge in [0.1, 0.15) is 0 Å². The molecule has 2 nitrogen and oxygen atoms in total. The molecule has 1 unspecified atom stereocenters. The van der Waals surface area contributed by atoms with Gasteiger partial charge in [0.25, 0.3) is 5.17 Å². The van der Waals surface area contributed by atoms with E-state index in [2.05, 4.69) is 23.6 Å². The molecule has 0 aliphatic rings. The van der Waals surface area contributed by atoms with Gasteiger partial charge in [-0.2, -0.15) is 0 Å². The fourth-order valence-electron chi connectivity index (χ4n) is 0.796. The zero-order valence-corrected chi connectivity index (χ0v) is 7.82. The highest BCUT2D eigenvalue weighted by atomic mass is 32.1. The van der Waals surface area contributed by atoms with E-state index in [9.17, 15) is 0 Å². The summed E-state index contributed by atoms with van der Waals surface area (Å²) in [6.07, 6.45) is 6.13. The predicted octanol–water partition coefficient (Wildman–Crippen LogP) is 2.16. The first-order valence-electron chi connectivity index (χ1n) is 3.77. The van der Waals surface area contributed by atoms with Gasteiger partial charge in [-0.1, -0.05) is 12.2 Å². The van der Waals surface area contributed by atoms with Crippen LogP contribution in [0.25, 0.3) is 0 Å². The third-order valence-electron chi connectivity index (χ3n) is 1.37. The second kappa shape index (κ2) is 6.16. The van der Waals surface area contributed by atoms with Crippen molar-refractivity contribution in [2.75, 3.05) is 0 Å². The molecular weight excluding hydrogens is 158 g/mol. The molecule has 0 saturated carbocycles. The van der Waals surface area contributed by atoms with E-state index in [0.717, 1.165) is 12.8 Å². The Labute approximate surface area is 73.3 Å². The van der Waals surface area contributed by atoms with E-state index >= 15 is 0 Å². The Hall–Kier alpha value is -0.570. The lowest BCUT2D eigenvalue weighted by molar-refractivity contribution is 0.494. The van der Waals surface area contributed by atoms with Gasteiger partial charge in [0.2, 0.25) is 0 Å². The molecule has 0 aliphatic heterocycles. The first kappa shape index (κ1) is 10.4. The molecule has 0 fully saturated rings. The lowest BCUT2D eigenvalue weighted by Gasteiger charge is -2.10. The zero-order chi connectivity index (χ0) is 8.69. The van der Waals surface area contributed by atoms with Crippen molar-refractivity contribution in [3.8, 4) is 0 Å². The van der Waals surface area contributed by atoms with E-state index in [1.165, 1.54) is 0 Å². The van der Waals surface area contributed by atoms with Crippen molar-refractivity contribution in [3.05, 3.63) is 12.2 Å². The molecule has 1 atom stereocenters. The van der Waals surface area contributed by atoms with Crippen LogP contribution in [0.15, 0.2) is 12.2 Å². The van der Waals surface area contributed by atoms with Crippen LogP contribution in [0.5, 0.6) is 0 Å². The normalized spacial score (nSPS) is 13.3. The zero-order valence-electron chi connectivity index (χ0n) is 7.00. The minimum atomic E-state index is -0.113. The molecule has 0 aromatic heterocycles. The van der Waals surface area contributed by atoms with Gasteiger partial charge in [-0.05, 0) is 38.9 Å². The third kappa shape index (κ3) is 7.33. The summed E-state index contributed by atoms with van der Waals surface area (Å²) in [6, 6.07) is 0.253. The number of hydrogen-bond donors (Lipinski definition) is 2. The van der Waals surface area contributed by atoms with Crippen LogP contribution in [0.3, 0.4) is 0 Å². The lowest BCUT2D eigenvalue weighted by Crippen LogP contribution is -2.30. The van der Waals surface area contributed by atoms with Crippen molar-refractivity contribution in [2.24, 2.45) is 0 Å². The molecule has 0 amide bonds. The predicted molar refractivity (Wildman–Crippen MR) is 51.9 cm³/mol. The topological polar surface area (TPSA) is 32.3 Å². The van der Waals surface area contributed by atoms with E-state index in [-0.39, 0.29) is 11.2 Å². The molecule has 3 heteroatoms. The van der Waals surface area contributed by atoms with Crippen LogP contribution < -0.4 is 5.32 Å². The number of aliphatic hydroxyl groups excluding tert-OH is 1. The summed E-state index contributed by atoms with van der Waals surface area (Å²) in [5.74, 6) is 0. The maximum absolute atomic E-state index is 8.68. The first-order chi connectivity index (χ1) is 5.16. The van der Waals surface area contributed by atoms with Crippen LogP contribution in [-0.4, -0.2) is 16.3 Å². The highest BCUT2D eigenvalue weighted by Gasteiger charge is 1.99. The van der Waals surface area contributed by atoms with Crippen molar-refractivity contribution in [1.82, 2.24) is 5.32 Å². The highest BCUT2D eigenvalue weighted by molar-refractivity contribution is 7.79. The molecule has 0 saturated heterocycles. The van der Waals surface area contributed by atoms with E-state index in [4.69, 9.17) is 5.11 Å². The second-order valence-corrected chi connectivity index (χ2v) is 2.88. The SMILES string of the molecule is CC=CCCC(C)NC(O)=S. The molecule has 2 N–H and O–H groups in total. The average molecular weight is 173 g/mol. The van der Waals surface area contributed by atoms with Gasteiger partial charge in [-0.3, -0.25) is 0 Å². The fraction of sp³-hybridized carbons (Fsp3) is 0.625. The largest absolute Gasteiger partial charge is 0.487 e. The number of hydrogen-bond acceptors (Lipinski definition) is 1. The minimum Gasteiger partial charge on any atom is -0.487 e. The van der Waals surface area contributed by atoms with Gasteiger partial charge >= 0.3 is 0 Å². The Morgan fingerprint density at radius 3 is 2.82 bits per heavy atom. The summed E-state index contributed by atoms with van der Waals surface area (Å²) in [5.41, 5.74) is 0. The number of allylic oxidation sites excluding steroid dienone is 2. The summed E-state index contributed by atoms with van der Waals surface area (Å²) in [6.45, 7) is 3.99. The van der Waals surface area contributed by atoms with E-state index in [1.807, 2.05) is 19.9 Å². The quantitative estimate of drug-likeness (QED) is 0.505. The van der Waals surface area contributed by atoms with Gasteiger partial charge in [0.15, 0.2) is 0 Å². The van der Waals surface area contributed by atoms with Gasteiger partial charge in [0.05, 0.1) is 0 Å². The van der Waals surface area contributed by atoms with Crippen LogP contribution >= 0.6 is 12.2 Å². The maximum atomic E-state index is 8.68. The van der Waals surface area contributed by atoms with Gasteiger partial charge in [-0.25, -0.2) is 0 Å². The smallest absolute Gasteiger partial charge is 0.254 e. The second-order valence-electron chi connectivity index (χ2n) is 2.50. The molecule has 0 bridgehead atoms. The van der Waals surface area contributed by atoms with Crippen LogP contribution in [0.1, 0.15) is 26.7 Å². The standard InChI is InChI=1S/C8H15NOS/c1-3-4-5-6-7(2)9-8(10)11/h3-4,7H,5-6H2,1-2H3,(H2,9,10,11). The molecule has 0 heterocycles. The number of nitrogens with one attached hydrogen (secondary N) is 1. The van der Waals surface area contributed by atoms with E-state index in [0.29, 0.717) is 0 Å². The van der Waals surface area contributed by atoms with Crippen molar-refractivity contribution >= 4 is 17.4 Å². The number of aliphatic hydroxyl groups is 1. The third-order valence-corrected chi connectivity index (χ3v) is 1.49. The molecule has 64 valence electrons. The lowest BCUT2D eigenvalue weighted by atomic mass is 10.2. The molecule has 0 spiro atoms. The molecule has 0 aliphatic carbocycles. The first-order valence-corrected chi connectivity index (χ1v) is 4.18. The Morgan fingerprint density at radius 1 is 1.73 bits per heavy atom. The van der Waals surface area contributed by atoms with Gasteiger partial charge < -0.3 is 10.4 Å². The Kier molecular flexibility index (Phi) is 5.84. The molecule has 0 radical (unpaired) electrons. The van der Waals surface area contributed by atoms with Crippen molar-refractivity contribution in [3.63, 3.8) is 0 Å². The van der Waals surface area contributed by atoms with Crippen LogP contribution in [-0.2, 0) is 0 Å². The van der Waals surface area contributed by atoms with E-state index < -0.39 is 0 Å². The van der Waals surface area contributed by atoms with Crippen LogP contribution in [0, 0.1) is 0 Å². The van der Waals surface area contributed by atoms with Crippen molar-refractivity contribution < 1.29 is 5.11 Å². The monoisotopic (exact) mass is 173 g/mol. The summed E-state index contributed by atoms with van der Waals surface area (Å²) >= 11 is 4.48. The summed E-state index contributed by atoms with van der Waals surface area (Å²) < 4.78 is 0. The van der Waals surface area contributed by atoms with E-state index in [1.54, 1.807) is 0 Å². The van der Waals surface area contributed by atoms with Crippen LogP contribution in [0.2, 0.25) is 0 Å². The Balaban J connectivity index is 3.36. The molecule has 0 rings (SSSR count). The Morgan fingerprint density at radius 2 is 2.36 bits per heavy atom. The molecular formula is C8H15NOS. The Bertz CT molecular complexity index is 145. The molecule has 11 heavy (non-hydrogen) atoms. The van der Waals surface area contributed by atoms with Crippen LogP contribution in [0.4, 0.5) is 0 Å². The van der Waals surface area contributed by atoms with Gasteiger partial charge in [0, 0.05) is 6.04 Å². The summed E-state index contributed by atoms with van der Waals surface area (Å²) in [5, 5.41) is 11.3. The van der Waals surface area contributed by atoms with Crippen molar-refractivity contribution in [1.29, 1.82) is 0 Å². The number of rotatable bonds is 4. The summed E-state index contributed by atoms with van der Waals surface area (Å²) in [7, 11) is 0. The molecule has 0 aromatic rings. The highest BCUT2D eigenvalue weighted by Crippen LogP contribution is 1.96. The maximum Gasteiger partial charge on any atom is 0.254 e.